The van der Waals surface area contributed by atoms with Crippen molar-refractivity contribution in [3.8, 4) is 0 Å². The third-order valence-electron chi connectivity index (χ3n) is 2.32. The lowest BCUT2D eigenvalue weighted by Crippen LogP contribution is -2.00. The Hall–Kier alpha value is -1.39. The molecule has 0 amide bonds. The number of rotatable bonds is 3. The van der Waals surface area contributed by atoms with E-state index in [0.717, 1.165) is 11.8 Å². The number of nitrogens with two attached hydrogens (primary N) is 1. The molecule has 0 saturated carbocycles. The van der Waals surface area contributed by atoms with Gasteiger partial charge in [-0.3, -0.25) is 0 Å². The molecule has 17 heavy (non-hydrogen) atoms. The van der Waals surface area contributed by atoms with Gasteiger partial charge in [0.05, 0.1) is 4.90 Å². The van der Waals surface area contributed by atoms with Crippen LogP contribution in [0, 0.1) is 11.6 Å². The van der Waals surface area contributed by atoms with Crippen molar-refractivity contribution >= 4 is 11.8 Å². The average molecular weight is 251 g/mol. The lowest BCUT2D eigenvalue weighted by atomic mass is 10.2. The van der Waals surface area contributed by atoms with E-state index in [0.29, 0.717) is 15.4 Å². The van der Waals surface area contributed by atoms with Crippen molar-refractivity contribution < 1.29 is 8.78 Å². The molecule has 0 radical (unpaired) electrons. The minimum atomic E-state index is -0.374. The number of benzene rings is 2. The van der Waals surface area contributed by atoms with Crippen LogP contribution in [0.3, 0.4) is 0 Å². The van der Waals surface area contributed by atoms with Crippen LogP contribution in [-0.4, -0.2) is 0 Å². The van der Waals surface area contributed by atoms with Crippen LogP contribution in [0.5, 0.6) is 0 Å². The minimum absolute atomic E-state index is 0.231. The lowest BCUT2D eigenvalue weighted by molar-refractivity contribution is 0.592. The molecule has 0 aliphatic heterocycles. The number of halogens is 2. The van der Waals surface area contributed by atoms with E-state index in [2.05, 4.69) is 0 Å². The molecule has 2 aromatic rings. The van der Waals surface area contributed by atoms with Gasteiger partial charge in [0.2, 0.25) is 0 Å². The molecule has 2 N–H and O–H groups in total. The summed E-state index contributed by atoms with van der Waals surface area (Å²) in [6.45, 7) is 0.231. The highest BCUT2D eigenvalue weighted by molar-refractivity contribution is 7.99. The summed E-state index contributed by atoms with van der Waals surface area (Å²) in [5, 5.41) is 0. The van der Waals surface area contributed by atoms with Crippen LogP contribution in [0.25, 0.3) is 0 Å². The Balaban J connectivity index is 2.39. The standard InChI is InChI=1S/C13H11F2NS/c14-10-5-1-2-7-12(10)17-13-9(8-16)4-3-6-11(13)15/h1-7H,8,16H2. The van der Waals surface area contributed by atoms with Gasteiger partial charge in [-0.15, -0.1) is 0 Å². The second kappa shape index (κ2) is 5.29. The minimum Gasteiger partial charge on any atom is -0.326 e. The van der Waals surface area contributed by atoms with Gasteiger partial charge in [0.1, 0.15) is 11.6 Å². The zero-order valence-corrected chi connectivity index (χ0v) is 9.81. The summed E-state index contributed by atoms with van der Waals surface area (Å²) < 4.78 is 27.1. The molecule has 2 aromatic carbocycles. The molecule has 0 bridgehead atoms. The second-order valence-corrected chi connectivity index (χ2v) is 4.52. The van der Waals surface area contributed by atoms with Crippen molar-refractivity contribution in [2.24, 2.45) is 5.73 Å². The van der Waals surface area contributed by atoms with E-state index >= 15 is 0 Å². The van der Waals surface area contributed by atoms with Gasteiger partial charge in [0.15, 0.2) is 0 Å². The lowest BCUT2D eigenvalue weighted by Gasteiger charge is -2.08. The van der Waals surface area contributed by atoms with Crippen LogP contribution in [-0.2, 0) is 6.54 Å². The predicted molar refractivity (Wildman–Crippen MR) is 64.8 cm³/mol. The second-order valence-electron chi connectivity index (χ2n) is 3.46. The SMILES string of the molecule is NCc1cccc(F)c1Sc1ccccc1F. The van der Waals surface area contributed by atoms with Gasteiger partial charge < -0.3 is 5.73 Å². The van der Waals surface area contributed by atoms with Crippen LogP contribution < -0.4 is 5.73 Å². The van der Waals surface area contributed by atoms with Gasteiger partial charge in [-0.25, -0.2) is 8.78 Å². The van der Waals surface area contributed by atoms with Gasteiger partial charge in [-0.1, -0.05) is 36.0 Å². The third-order valence-corrected chi connectivity index (χ3v) is 3.53. The Morgan fingerprint density at radius 3 is 2.35 bits per heavy atom. The molecule has 0 atom stereocenters. The molecular weight excluding hydrogens is 240 g/mol. The summed E-state index contributed by atoms with van der Waals surface area (Å²) in [7, 11) is 0. The van der Waals surface area contributed by atoms with Crippen LogP contribution in [0.1, 0.15) is 5.56 Å². The molecule has 0 saturated heterocycles. The Labute approximate surface area is 103 Å². The molecule has 0 aromatic heterocycles. The maximum Gasteiger partial charge on any atom is 0.137 e. The summed E-state index contributed by atoms with van der Waals surface area (Å²) in [6, 6.07) is 11.0. The number of hydrogen-bond acceptors (Lipinski definition) is 2. The van der Waals surface area contributed by atoms with Crippen molar-refractivity contribution in [3.63, 3.8) is 0 Å². The Morgan fingerprint density at radius 2 is 1.65 bits per heavy atom. The zero-order valence-electron chi connectivity index (χ0n) is 8.99. The summed E-state index contributed by atoms with van der Waals surface area (Å²) in [6.07, 6.45) is 0. The van der Waals surface area contributed by atoms with Crippen molar-refractivity contribution in [3.05, 3.63) is 59.7 Å². The fraction of sp³-hybridized carbons (Fsp3) is 0.0769. The van der Waals surface area contributed by atoms with Crippen LogP contribution in [0.4, 0.5) is 8.78 Å². The van der Waals surface area contributed by atoms with Gasteiger partial charge in [-0.05, 0) is 23.8 Å². The van der Waals surface area contributed by atoms with Crippen molar-refractivity contribution in [2.75, 3.05) is 0 Å². The molecule has 88 valence electrons. The molecule has 0 spiro atoms. The average Bonchev–Trinajstić information content (AvgIpc) is 2.34. The monoisotopic (exact) mass is 251 g/mol. The van der Waals surface area contributed by atoms with Crippen LogP contribution in [0.15, 0.2) is 52.3 Å². The highest BCUT2D eigenvalue weighted by Gasteiger charge is 2.11. The molecule has 0 unspecified atom stereocenters. The molecular formula is C13H11F2NS. The first-order valence-corrected chi connectivity index (χ1v) is 5.94. The highest BCUT2D eigenvalue weighted by Crippen LogP contribution is 2.33. The predicted octanol–water partition coefficient (Wildman–Crippen LogP) is 3.57. The topological polar surface area (TPSA) is 26.0 Å². The van der Waals surface area contributed by atoms with E-state index < -0.39 is 0 Å². The molecule has 0 aliphatic carbocycles. The van der Waals surface area contributed by atoms with E-state index in [9.17, 15) is 8.78 Å². The molecule has 0 heterocycles. The largest absolute Gasteiger partial charge is 0.326 e. The van der Waals surface area contributed by atoms with E-state index in [1.165, 1.54) is 12.1 Å². The van der Waals surface area contributed by atoms with E-state index in [-0.39, 0.29) is 18.2 Å². The summed E-state index contributed by atoms with van der Waals surface area (Å²) in [5.74, 6) is -0.732. The normalized spacial score (nSPS) is 10.5. The van der Waals surface area contributed by atoms with Crippen molar-refractivity contribution in [1.29, 1.82) is 0 Å². The van der Waals surface area contributed by atoms with Crippen LogP contribution in [0.2, 0.25) is 0 Å². The van der Waals surface area contributed by atoms with Crippen molar-refractivity contribution in [1.82, 2.24) is 0 Å². The fourth-order valence-electron chi connectivity index (χ4n) is 1.47. The molecule has 1 nitrogen and oxygen atoms in total. The van der Waals surface area contributed by atoms with E-state index in [1.54, 1.807) is 30.3 Å². The van der Waals surface area contributed by atoms with Gasteiger partial charge in [-0.2, -0.15) is 0 Å². The van der Waals surface area contributed by atoms with Gasteiger partial charge in [0, 0.05) is 11.4 Å². The smallest absolute Gasteiger partial charge is 0.137 e. The molecule has 4 heteroatoms. The highest BCUT2D eigenvalue weighted by atomic mass is 32.2. The maximum absolute atomic E-state index is 13.7. The van der Waals surface area contributed by atoms with E-state index in [4.69, 9.17) is 5.73 Å². The van der Waals surface area contributed by atoms with E-state index in [1.807, 2.05) is 0 Å². The zero-order chi connectivity index (χ0) is 12.3. The Kier molecular flexibility index (Phi) is 3.76. The molecule has 0 aliphatic rings. The third kappa shape index (κ3) is 2.65. The van der Waals surface area contributed by atoms with Crippen LogP contribution >= 0.6 is 11.8 Å². The fourth-order valence-corrected chi connectivity index (χ4v) is 2.45. The first kappa shape index (κ1) is 12.1. The molecule has 2 rings (SSSR count). The maximum atomic E-state index is 13.7. The van der Waals surface area contributed by atoms with Crippen molar-refractivity contribution in [2.45, 2.75) is 16.3 Å². The van der Waals surface area contributed by atoms with Gasteiger partial charge >= 0.3 is 0 Å². The quantitative estimate of drug-likeness (QED) is 0.902. The summed E-state index contributed by atoms with van der Waals surface area (Å²) in [5.41, 5.74) is 6.22. The molecule has 0 fully saturated rings. The number of hydrogen-bond donors (Lipinski definition) is 1. The summed E-state index contributed by atoms with van der Waals surface area (Å²) >= 11 is 1.06. The first-order chi connectivity index (χ1) is 8.22. The Bertz CT molecular complexity index is 529. The summed E-state index contributed by atoms with van der Waals surface area (Å²) in [4.78, 5) is 0.785. The van der Waals surface area contributed by atoms with Gasteiger partial charge in [0.25, 0.3) is 0 Å². The Morgan fingerprint density at radius 1 is 0.941 bits per heavy atom. The first-order valence-electron chi connectivity index (χ1n) is 5.12.